The minimum atomic E-state index is 0.0525. The number of hydrogen-bond donors (Lipinski definition) is 0. The van der Waals surface area contributed by atoms with Crippen molar-refractivity contribution in [2.24, 2.45) is 0 Å². The van der Waals surface area contributed by atoms with Crippen molar-refractivity contribution >= 4 is 56.0 Å². The van der Waals surface area contributed by atoms with Gasteiger partial charge in [0.1, 0.15) is 11.3 Å². The summed E-state index contributed by atoms with van der Waals surface area (Å²) in [6.07, 6.45) is 1.24. The number of nitrogens with zero attached hydrogens (tertiary/aromatic N) is 2. The molecule has 1 amide bonds. The average Bonchev–Trinajstić information content (AvgIpc) is 3.28. The van der Waals surface area contributed by atoms with Crippen molar-refractivity contribution in [3.8, 4) is 5.75 Å². The van der Waals surface area contributed by atoms with Gasteiger partial charge in [-0.25, -0.2) is 4.98 Å². The molecule has 0 atom stereocenters. The van der Waals surface area contributed by atoms with Gasteiger partial charge in [0, 0.05) is 11.3 Å². The summed E-state index contributed by atoms with van der Waals surface area (Å²) in [4.78, 5) is 21.0. The van der Waals surface area contributed by atoms with Gasteiger partial charge in [-0.05, 0) is 42.0 Å². The standard InChI is InChI=1S/C25H23ClN2O2S2/c1-30-21-15-14-20(26)24-23(21)27-25(32-24)28(17-18-9-4-2-5-10-18)22(29)13-8-16-31-19-11-6-3-7-12-19/h2-7,9-12,14-15H,8,13,16-17H2,1H3. The van der Waals surface area contributed by atoms with Crippen molar-refractivity contribution in [2.45, 2.75) is 24.3 Å². The van der Waals surface area contributed by atoms with Gasteiger partial charge < -0.3 is 4.74 Å². The summed E-state index contributed by atoms with van der Waals surface area (Å²) in [5.41, 5.74) is 1.74. The first-order valence-corrected chi connectivity index (χ1v) is 12.5. The van der Waals surface area contributed by atoms with E-state index in [4.69, 9.17) is 21.3 Å². The molecule has 0 aliphatic heterocycles. The van der Waals surface area contributed by atoms with Gasteiger partial charge in [-0.3, -0.25) is 9.69 Å². The van der Waals surface area contributed by atoms with Crippen LogP contribution in [-0.2, 0) is 11.3 Å². The minimum absolute atomic E-state index is 0.0525. The number of carbonyl (C=O) groups excluding carboxylic acids is 1. The Morgan fingerprint density at radius 3 is 2.50 bits per heavy atom. The van der Waals surface area contributed by atoms with E-state index < -0.39 is 0 Å². The summed E-state index contributed by atoms with van der Waals surface area (Å²) in [6.45, 7) is 0.464. The molecule has 7 heteroatoms. The first kappa shape index (κ1) is 22.6. The number of hydrogen-bond acceptors (Lipinski definition) is 5. The maximum Gasteiger partial charge on any atom is 0.229 e. The highest BCUT2D eigenvalue weighted by Gasteiger charge is 2.22. The molecule has 3 aromatic carbocycles. The number of thioether (sulfide) groups is 1. The molecular formula is C25H23ClN2O2S2. The summed E-state index contributed by atoms with van der Waals surface area (Å²) in [5, 5.41) is 1.24. The number of rotatable bonds is 9. The molecule has 0 saturated heterocycles. The number of fused-ring (bicyclic) bond motifs is 1. The number of thiazole rings is 1. The van der Waals surface area contributed by atoms with Gasteiger partial charge in [0.05, 0.1) is 23.4 Å². The Hall–Kier alpha value is -2.54. The lowest BCUT2D eigenvalue weighted by atomic mass is 10.2. The van der Waals surface area contributed by atoms with Crippen LogP contribution in [0, 0.1) is 0 Å². The van der Waals surface area contributed by atoms with Crippen molar-refractivity contribution in [3.05, 3.63) is 83.4 Å². The van der Waals surface area contributed by atoms with E-state index in [1.54, 1.807) is 35.9 Å². The van der Waals surface area contributed by atoms with Crippen LogP contribution < -0.4 is 9.64 Å². The van der Waals surface area contributed by atoms with Crippen molar-refractivity contribution < 1.29 is 9.53 Å². The monoisotopic (exact) mass is 482 g/mol. The highest BCUT2D eigenvalue weighted by atomic mass is 35.5. The Labute approximate surface area is 201 Å². The molecule has 0 aliphatic rings. The first-order chi connectivity index (χ1) is 15.7. The van der Waals surface area contributed by atoms with Gasteiger partial charge in [-0.15, -0.1) is 11.8 Å². The van der Waals surface area contributed by atoms with Crippen LogP contribution in [0.25, 0.3) is 10.2 Å². The molecule has 0 bridgehead atoms. The fraction of sp³-hybridized carbons (Fsp3) is 0.200. The smallest absolute Gasteiger partial charge is 0.229 e. The Bertz CT molecular complexity index is 1180. The molecule has 1 heterocycles. The van der Waals surface area contributed by atoms with E-state index in [0.717, 1.165) is 22.4 Å². The number of amides is 1. The highest BCUT2D eigenvalue weighted by molar-refractivity contribution is 7.99. The normalized spacial score (nSPS) is 10.9. The molecule has 0 spiro atoms. The summed E-state index contributed by atoms with van der Waals surface area (Å²) in [5.74, 6) is 1.59. The Balaban J connectivity index is 1.54. The topological polar surface area (TPSA) is 42.4 Å². The molecule has 32 heavy (non-hydrogen) atoms. The van der Waals surface area contributed by atoms with Gasteiger partial charge >= 0.3 is 0 Å². The fourth-order valence-electron chi connectivity index (χ4n) is 3.31. The Kier molecular flexibility index (Phi) is 7.68. The van der Waals surface area contributed by atoms with Gasteiger partial charge in [0.15, 0.2) is 5.13 Å². The number of halogens is 1. The lowest BCUT2D eigenvalue weighted by Crippen LogP contribution is -2.30. The second-order valence-electron chi connectivity index (χ2n) is 7.15. The van der Waals surface area contributed by atoms with Crippen molar-refractivity contribution in [2.75, 3.05) is 17.8 Å². The van der Waals surface area contributed by atoms with E-state index in [1.807, 2.05) is 48.5 Å². The van der Waals surface area contributed by atoms with Crippen molar-refractivity contribution in [3.63, 3.8) is 0 Å². The predicted octanol–water partition coefficient (Wildman–Crippen LogP) is 7.06. The molecule has 0 unspecified atom stereocenters. The van der Waals surface area contributed by atoms with Crippen LogP contribution in [0.5, 0.6) is 5.75 Å². The number of ether oxygens (including phenoxy) is 1. The van der Waals surface area contributed by atoms with Crippen LogP contribution in [-0.4, -0.2) is 23.8 Å². The summed E-state index contributed by atoms with van der Waals surface area (Å²) in [7, 11) is 1.61. The molecule has 164 valence electrons. The fourth-order valence-corrected chi connectivity index (χ4v) is 5.46. The molecule has 0 N–H and O–H groups in total. The van der Waals surface area contributed by atoms with Gasteiger partial charge in [-0.1, -0.05) is 71.5 Å². The Morgan fingerprint density at radius 1 is 1.06 bits per heavy atom. The zero-order valence-corrected chi connectivity index (χ0v) is 20.1. The maximum absolute atomic E-state index is 13.3. The minimum Gasteiger partial charge on any atom is -0.494 e. The number of methoxy groups -OCH3 is 1. The SMILES string of the molecule is COc1ccc(Cl)c2sc(N(Cc3ccccc3)C(=O)CCCSc3ccccc3)nc12. The number of benzene rings is 3. The molecule has 4 rings (SSSR count). The zero-order valence-electron chi connectivity index (χ0n) is 17.7. The van der Waals surface area contributed by atoms with Crippen LogP contribution in [0.2, 0.25) is 5.02 Å². The van der Waals surface area contributed by atoms with Crippen LogP contribution in [0.15, 0.2) is 77.7 Å². The van der Waals surface area contributed by atoms with E-state index in [2.05, 4.69) is 12.1 Å². The van der Waals surface area contributed by atoms with Crippen molar-refractivity contribution in [1.82, 2.24) is 4.98 Å². The first-order valence-electron chi connectivity index (χ1n) is 10.3. The second-order valence-corrected chi connectivity index (χ2v) is 9.71. The van der Waals surface area contributed by atoms with Gasteiger partial charge in [0.2, 0.25) is 5.91 Å². The molecule has 1 aromatic heterocycles. The molecule has 0 fully saturated rings. The van der Waals surface area contributed by atoms with Crippen LogP contribution in [0.3, 0.4) is 0 Å². The second kappa shape index (κ2) is 10.9. The molecular weight excluding hydrogens is 460 g/mol. The highest BCUT2D eigenvalue weighted by Crippen LogP contribution is 2.39. The van der Waals surface area contributed by atoms with E-state index in [9.17, 15) is 4.79 Å². The van der Waals surface area contributed by atoms with E-state index >= 15 is 0 Å². The molecule has 0 aliphatic carbocycles. The zero-order chi connectivity index (χ0) is 22.3. The van der Waals surface area contributed by atoms with E-state index in [1.165, 1.54) is 16.2 Å². The summed E-state index contributed by atoms with van der Waals surface area (Å²) < 4.78 is 6.28. The van der Waals surface area contributed by atoms with Gasteiger partial charge in [-0.2, -0.15) is 0 Å². The average molecular weight is 483 g/mol. The number of carbonyl (C=O) groups is 1. The summed E-state index contributed by atoms with van der Waals surface area (Å²) >= 11 is 9.60. The summed E-state index contributed by atoms with van der Waals surface area (Å²) in [6, 6.07) is 23.8. The number of anilines is 1. The van der Waals surface area contributed by atoms with Crippen molar-refractivity contribution in [1.29, 1.82) is 0 Å². The largest absolute Gasteiger partial charge is 0.494 e. The lowest BCUT2D eigenvalue weighted by molar-refractivity contribution is -0.118. The molecule has 4 aromatic rings. The molecule has 4 nitrogen and oxygen atoms in total. The van der Waals surface area contributed by atoms with E-state index in [0.29, 0.717) is 34.4 Å². The third-order valence-corrected chi connectivity index (χ3v) is 7.57. The van der Waals surface area contributed by atoms with Crippen LogP contribution in [0.4, 0.5) is 5.13 Å². The van der Waals surface area contributed by atoms with Crippen LogP contribution >= 0.6 is 34.7 Å². The third-order valence-electron chi connectivity index (χ3n) is 4.93. The van der Waals surface area contributed by atoms with E-state index in [-0.39, 0.29) is 5.91 Å². The quantitative estimate of drug-likeness (QED) is 0.189. The Morgan fingerprint density at radius 2 is 1.78 bits per heavy atom. The maximum atomic E-state index is 13.3. The predicted molar refractivity (Wildman–Crippen MR) is 135 cm³/mol. The van der Waals surface area contributed by atoms with Gasteiger partial charge in [0.25, 0.3) is 0 Å². The third kappa shape index (κ3) is 5.44. The molecule has 0 saturated carbocycles. The number of aromatic nitrogens is 1. The molecule has 0 radical (unpaired) electrons. The van der Waals surface area contributed by atoms with Crippen LogP contribution in [0.1, 0.15) is 18.4 Å². The lowest BCUT2D eigenvalue weighted by Gasteiger charge is -2.20.